The molecule has 0 heterocycles. The van der Waals surface area contributed by atoms with Crippen LogP contribution in [0.4, 0.5) is 4.39 Å². The van der Waals surface area contributed by atoms with E-state index in [-0.39, 0.29) is 5.82 Å². The van der Waals surface area contributed by atoms with Crippen LogP contribution in [0.2, 0.25) is 0 Å². The van der Waals surface area contributed by atoms with E-state index in [4.69, 9.17) is 0 Å². The van der Waals surface area contributed by atoms with E-state index >= 15 is 0 Å². The van der Waals surface area contributed by atoms with Gasteiger partial charge in [-0.2, -0.15) is 0 Å². The van der Waals surface area contributed by atoms with Gasteiger partial charge < -0.3 is 0 Å². The molecule has 0 aliphatic carbocycles. The lowest BCUT2D eigenvalue weighted by Crippen LogP contribution is -1.98. The molecule has 2 rings (SSSR count). The molecular weight excluding hydrogens is 211 g/mol. The van der Waals surface area contributed by atoms with Gasteiger partial charge in [0.25, 0.3) is 0 Å². The topological polar surface area (TPSA) is 0 Å². The smallest absolute Gasteiger partial charge is 0.123 e. The van der Waals surface area contributed by atoms with Crippen LogP contribution >= 0.6 is 0 Å². The summed E-state index contributed by atoms with van der Waals surface area (Å²) < 4.78 is 12.8. The normalized spacial score (nSPS) is 12.4. The standard InChI is InChI=1S/C16H17F/c1-12-3-7-15(8-4-12)13(2)11-14-5-9-16(17)10-6-14/h3-10,13H,11H2,1-2H3/t13-/m0/s1. The maximum atomic E-state index is 12.8. The van der Waals surface area contributed by atoms with Crippen molar-refractivity contribution in [1.29, 1.82) is 0 Å². The quantitative estimate of drug-likeness (QED) is 0.726. The third kappa shape index (κ3) is 3.16. The first kappa shape index (κ1) is 11.8. The van der Waals surface area contributed by atoms with Crippen LogP contribution < -0.4 is 0 Å². The van der Waals surface area contributed by atoms with Gasteiger partial charge in [0.15, 0.2) is 0 Å². The average molecular weight is 228 g/mol. The van der Waals surface area contributed by atoms with Crippen molar-refractivity contribution in [1.82, 2.24) is 0 Å². The van der Waals surface area contributed by atoms with E-state index in [0.717, 1.165) is 6.42 Å². The number of hydrogen-bond acceptors (Lipinski definition) is 0. The molecule has 1 heteroatoms. The van der Waals surface area contributed by atoms with Crippen molar-refractivity contribution in [2.24, 2.45) is 0 Å². The molecule has 0 amide bonds. The second-order valence-electron chi connectivity index (χ2n) is 4.64. The highest BCUT2D eigenvalue weighted by Crippen LogP contribution is 2.20. The van der Waals surface area contributed by atoms with Crippen LogP contribution in [0, 0.1) is 12.7 Å². The molecule has 2 aromatic carbocycles. The molecule has 0 aliphatic heterocycles. The molecule has 0 radical (unpaired) electrons. The van der Waals surface area contributed by atoms with Crippen molar-refractivity contribution in [3.05, 3.63) is 71.0 Å². The molecule has 88 valence electrons. The summed E-state index contributed by atoms with van der Waals surface area (Å²) in [5.74, 6) is 0.290. The van der Waals surface area contributed by atoms with Gasteiger partial charge >= 0.3 is 0 Å². The van der Waals surface area contributed by atoms with Crippen LogP contribution in [0.5, 0.6) is 0 Å². The van der Waals surface area contributed by atoms with E-state index in [2.05, 4.69) is 38.1 Å². The van der Waals surface area contributed by atoms with Gasteiger partial charge in [0.1, 0.15) is 5.82 Å². The van der Waals surface area contributed by atoms with Crippen molar-refractivity contribution in [3.63, 3.8) is 0 Å². The first-order chi connectivity index (χ1) is 8.15. The molecule has 1 atom stereocenters. The van der Waals surface area contributed by atoms with Gasteiger partial charge in [0, 0.05) is 0 Å². The van der Waals surface area contributed by atoms with Crippen molar-refractivity contribution >= 4 is 0 Å². The first-order valence-corrected chi connectivity index (χ1v) is 5.96. The predicted molar refractivity (Wildman–Crippen MR) is 69.7 cm³/mol. The summed E-state index contributed by atoms with van der Waals surface area (Å²) in [4.78, 5) is 0. The minimum atomic E-state index is -0.170. The van der Waals surface area contributed by atoms with Crippen LogP contribution in [0.3, 0.4) is 0 Å². The Morgan fingerprint density at radius 1 is 0.941 bits per heavy atom. The van der Waals surface area contributed by atoms with Gasteiger partial charge in [0.05, 0.1) is 0 Å². The van der Waals surface area contributed by atoms with Crippen molar-refractivity contribution < 1.29 is 4.39 Å². The van der Waals surface area contributed by atoms with Crippen LogP contribution in [0.1, 0.15) is 29.5 Å². The zero-order chi connectivity index (χ0) is 12.3. The molecule has 0 unspecified atom stereocenters. The Balaban J connectivity index is 2.08. The van der Waals surface area contributed by atoms with Gasteiger partial charge in [-0.05, 0) is 42.5 Å². The summed E-state index contributed by atoms with van der Waals surface area (Å²) in [6, 6.07) is 15.4. The molecule has 0 saturated heterocycles. The first-order valence-electron chi connectivity index (χ1n) is 5.96. The highest BCUT2D eigenvalue weighted by molar-refractivity contribution is 5.26. The highest BCUT2D eigenvalue weighted by atomic mass is 19.1. The SMILES string of the molecule is Cc1ccc([C@@H](C)Cc2ccc(F)cc2)cc1. The molecule has 0 aromatic heterocycles. The Morgan fingerprint density at radius 2 is 1.53 bits per heavy atom. The van der Waals surface area contributed by atoms with Gasteiger partial charge in [0.2, 0.25) is 0 Å². The maximum absolute atomic E-state index is 12.8. The summed E-state index contributed by atoms with van der Waals surface area (Å²) in [6.45, 7) is 4.29. The Kier molecular flexibility index (Phi) is 3.58. The van der Waals surface area contributed by atoms with Gasteiger partial charge in [-0.1, -0.05) is 48.9 Å². The third-order valence-corrected chi connectivity index (χ3v) is 3.10. The largest absolute Gasteiger partial charge is 0.207 e. The van der Waals surface area contributed by atoms with Crippen LogP contribution in [0.15, 0.2) is 48.5 Å². The summed E-state index contributed by atoms with van der Waals surface area (Å²) in [7, 11) is 0. The summed E-state index contributed by atoms with van der Waals surface area (Å²) in [6.07, 6.45) is 0.948. The number of hydrogen-bond donors (Lipinski definition) is 0. The molecule has 0 nitrogen and oxygen atoms in total. The van der Waals surface area contributed by atoms with Crippen LogP contribution in [-0.2, 0) is 6.42 Å². The Labute approximate surface area is 102 Å². The minimum Gasteiger partial charge on any atom is -0.207 e. The van der Waals surface area contributed by atoms with E-state index in [1.165, 1.54) is 28.8 Å². The van der Waals surface area contributed by atoms with Gasteiger partial charge in [-0.3, -0.25) is 0 Å². The summed E-state index contributed by atoms with van der Waals surface area (Å²) in [5.41, 5.74) is 3.79. The monoisotopic (exact) mass is 228 g/mol. The van der Waals surface area contributed by atoms with Crippen LogP contribution in [0.25, 0.3) is 0 Å². The van der Waals surface area contributed by atoms with Crippen LogP contribution in [-0.4, -0.2) is 0 Å². The molecule has 0 bridgehead atoms. The zero-order valence-electron chi connectivity index (χ0n) is 10.3. The molecule has 17 heavy (non-hydrogen) atoms. The zero-order valence-corrected chi connectivity index (χ0v) is 10.3. The fourth-order valence-corrected chi connectivity index (χ4v) is 1.99. The van der Waals surface area contributed by atoms with Crippen molar-refractivity contribution in [2.45, 2.75) is 26.2 Å². The lowest BCUT2D eigenvalue weighted by atomic mass is 9.93. The third-order valence-electron chi connectivity index (χ3n) is 3.10. The van der Waals surface area contributed by atoms with E-state index in [9.17, 15) is 4.39 Å². The lowest BCUT2D eigenvalue weighted by Gasteiger charge is -2.12. The Bertz CT molecular complexity index is 468. The van der Waals surface area contributed by atoms with E-state index in [1.807, 2.05) is 12.1 Å². The molecular formula is C16H17F. The molecule has 0 N–H and O–H groups in total. The summed E-state index contributed by atoms with van der Waals surface area (Å²) >= 11 is 0. The molecule has 0 fully saturated rings. The van der Waals surface area contributed by atoms with Gasteiger partial charge in [-0.15, -0.1) is 0 Å². The number of rotatable bonds is 3. The fraction of sp³-hybridized carbons (Fsp3) is 0.250. The molecule has 0 spiro atoms. The Morgan fingerprint density at radius 3 is 2.12 bits per heavy atom. The second-order valence-corrected chi connectivity index (χ2v) is 4.64. The van der Waals surface area contributed by atoms with E-state index in [0.29, 0.717) is 5.92 Å². The summed E-state index contributed by atoms with van der Waals surface area (Å²) in [5, 5.41) is 0. The van der Waals surface area contributed by atoms with Crippen molar-refractivity contribution in [2.75, 3.05) is 0 Å². The average Bonchev–Trinajstić information content (AvgIpc) is 2.33. The number of benzene rings is 2. The van der Waals surface area contributed by atoms with Gasteiger partial charge in [-0.25, -0.2) is 4.39 Å². The van der Waals surface area contributed by atoms with E-state index < -0.39 is 0 Å². The molecule has 0 saturated carbocycles. The number of halogens is 1. The molecule has 0 aliphatic rings. The maximum Gasteiger partial charge on any atom is 0.123 e. The number of aryl methyl sites for hydroxylation is 1. The lowest BCUT2D eigenvalue weighted by molar-refractivity contribution is 0.626. The Hall–Kier alpha value is -1.63. The highest BCUT2D eigenvalue weighted by Gasteiger charge is 2.06. The molecule has 2 aromatic rings. The predicted octanol–water partition coefficient (Wildman–Crippen LogP) is 4.48. The fourth-order valence-electron chi connectivity index (χ4n) is 1.99. The second kappa shape index (κ2) is 5.13. The minimum absolute atomic E-state index is 0.170. The van der Waals surface area contributed by atoms with E-state index in [1.54, 1.807) is 0 Å². The van der Waals surface area contributed by atoms with Crippen molar-refractivity contribution in [3.8, 4) is 0 Å².